The van der Waals surface area contributed by atoms with Crippen LogP contribution in [0.25, 0.3) is 0 Å². The average Bonchev–Trinajstić information content (AvgIpc) is 3.60. The number of allylic oxidation sites excluding steroid dienone is 4. The van der Waals surface area contributed by atoms with Gasteiger partial charge >= 0.3 is 18.2 Å². The van der Waals surface area contributed by atoms with Crippen molar-refractivity contribution in [3.63, 3.8) is 0 Å². The highest BCUT2D eigenvalue weighted by atomic mass is 16.6. The van der Waals surface area contributed by atoms with Crippen LogP contribution in [-0.4, -0.2) is 47.9 Å². The number of carbonyl (C=O) groups is 3. The van der Waals surface area contributed by atoms with Gasteiger partial charge in [-0.3, -0.25) is 9.69 Å². The number of nitrogens with one attached hydrogen (secondary N) is 1. The van der Waals surface area contributed by atoms with Crippen molar-refractivity contribution >= 4 is 18.2 Å². The predicted octanol–water partition coefficient (Wildman–Crippen LogP) is 6.76. The van der Waals surface area contributed by atoms with Gasteiger partial charge in [-0.2, -0.15) is 0 Å². The van der Waals surface area contributed by atoms with E-state index in [-0.39, 0.29) is 43.6 Å². The van der Waals surface area contributed by atoms with E-state index in [9.17, 15) is 14.4 Å². The van der Waals surface area contributed by atoms with Crippen molar-refractivity contribution < 1.29 is 28.6 Å². The molecule has 3 unspecified atom stereocenters. The molecule has 2 aromatic carbocycles. The Hall–Kier alpha value is -4.07. The van der Waals surface area contributed by atoms with Crippen LogP contribution in [0.1, 0.15) is 80.5 Å². The summed E-state index contributed by atoms with van der Waals surface area (Å²) in [6.07, 6.45) is 11.2. The van der Waals surface area contributed by atoms with Gasteiger partial charge in [-0.1, -0.05) is 72.8 Å². The fourth-order valence-electron chi connectivity index (χ4n) is 6.17. The quantitative estimate of drug-likeness (QED) is 0.258. The van der Waals surface area contributed by atoms with Crippen LogP contribution in [-0.2, 0) is 32.1 Å². The van der Waals surface area contributed by atoms with Crippen LogP contribution < -0.4 is 5.32 Å². The fraction of sp³-hybridized carbons (Fsp3) is 0.457. The molecule has 0 saturated heterocycles. The van der Waals surface area contributed by atoms with E-state index in [4.69, 9.17) is 14.2 Å². The number of amides is 2. The molecule has 3 aliphatic rings. The molecule has 2 amide bonds. The lowest BCUT2D eigenvalue weighted by Crippen LogP contribution is -2.38. The van der Waals surface area contributed by atoms with Crippen LogP contribution in [0.3, 0.4) is 0 Å². The van der Waals surface area contributed by atoms with E-state index in [1.807, 2.05) is 57.2 Å². The Morgan fingerprint density at radius 3 is 2.30 bits per heavy atom. The Bertz CT molecular complexity index is 1350. The minimum atomic E-state index is -0.571. The van der Waals surface area contributed by atoms with Crippen LogP contribution >= 0.6 is 0 Å². The summed E-state index contributed by atoms with van der Waals surface area (Å²) >= 11 is 0. The molecule has 43 heavy (non-hydrogen) atoms. The summed E-state index contributed by atoms with van der Waals surface area (Å²) in [6.45, 7) is 5.98. The van der Waals surface area contributed by atoms with Crippen LogP contribution in [0.15, 0.2) is 72.8 Å². The van der Waals surface area contributed by atoms with E-state index < -0.39 is 23.8 Å². The van der Waals surface area contributed by atoms with Crippen molar-refractivity contribution in [3.05, 3.63) is 95.1 Å². The normalized spacial score (nSPS) is 20.7. The number of rotatable bonds is 9. The number of hydrogen-bond acceptors (Lipinski definition) is 6. The summed E-state index contributed by atoms with van der Waals surface area (Å²) in [5, 5.41) is 2.75. The molecule has 0 heterocycles. The van der Waals surface area contributed by atoms with Crippen LogP contribution in [0.2, 0.25) is 0 Å². The molecule has 228 valence electrons. The number of fused-ring (bicyclic) bond motifs is 3. The number of ether oxygens (including phenoxy) is 3. The second kappa shape index (κ2) is 13.5. The molecule has 3 aliphatic carbocycles. The maximum Gasteiger partial charge on any atom is 0.410 e. The number of esters is 1. The summed E-state index contributed by atoms with van der Waals surface area (Å²) in [5.41, 5.74) is 3.61. The van der Waals surface area contributed by atoms with E-state index in [1.54, 1.807) is 0 Å². The van der Waals surface area contributed by atoms with Gasteiger partial charge in [0.2, 0.25) is 0 Å². The SMILES string of the molecule is CC(C)(C)OC(=O)NCc1ccc(CN(CC(=O)OC2CCCC2)C(=O)OCC2c3ccccc3C3C=CC=CC32)cc1. The number of benzene rings is 2. The smallest absolute Gasteiger partial charge is 0.410 e. The summed E-state index contributed by atoms with van der Waals surface area (Å²) in [5.74, 6) is 0.104. The predicted molar refractivity (Wildman–Crippen MR) is 163 cm³/mol. The van der Waals surface area contributed by atoms with Gasteiger partial charge in [0, 0.05) is 24.9 Å². The molecule has 0 aliphatic heterocycles. The first-order chi connectivity index (χ1) is 20.7. The van der Waals surface area contributed by atoms with E-state index >= 15 is 0 Å². The molecule has 0 spiro atoms. The Kier molecular flexibility index (Phi) is 9.53. The molecule has 1 N–H and O–H groups in total. The van der Waals surface area contributed by atoms with Gasteiger partial charge in [-0.15, -0.1) is 0 Å². The molecule has 1 fully saturated rings. The highest BCUT2D eigenvalue weighted by Crippen LogP contribution is 2.49. The Labute approximate surface area is 254 Å². The van der Waals surface area contributed by atoms with E-state index in [1.165, 1.54) is 16.0 Å². The molecule has 5 rings (SSSR count). The van der Waals surface area contributed by atoms with Gasteiger partial charge in [0.25, 0.3) is 0 Å². The second-order valence-electron chi connectivity index (χ2n) is 12.6. The third-order valence-electron chi connectivity index (χ3n) is 8.19. The number of hydrogen-bond donors (Lipinski definition) is 1. The average molecular weight is 587 g/mol. The fourth-order valence-corrected chi connectivity index (χ4v) is 6.17. The van der Waals surface area contributed by atoms with Crippen LogP contribution in [0, 0.1) is 5.92 Å². The highest BCUT2D eigenvalue weighted by molar-refractivity contribution is 5.78. The number of carbonyl (C=O) groups excluding carboxylic acids is 3. The largest absolute Gasteiger partial charge is 0.461 e. The lowest BCUT2D eigenvalue weighted by molar-refractivity contribution is -0.149. The van der Waals surface area contributed by atoms with Crippen LogP contribution in [0.5, 0.6) is 0 Å². The Morgan fingerprint density at radius 1 is 0.907 bits per heavy atom. The van der Waals surface area contributed by atoms with Gasteiger partial charge in [0.05, 0.1) is 0 Å². The zero-order valence-corrected chi connectivity index (χ0v) is 25.3. The minimum absolute atomic E-state index is 0.0374. The molecule has 0 radical (unpaired) electrons. The molecule has 8 heteroatoms. The maximum absolute atomic E-state index is 13.5. The van der Waals surface area contributed by atoms with E-state index in [0.29, 0.717) is 6.54 Å². The maximum atomic E-state index is 13.5. The van der Waals surface area contributed by atoms with Crippen molar-refractivity contribution in [1.29, 1.82) is 0 Å². The summed E-state index contributed by atoms with van der Waals surface area (Å²) in [6, 6.07) is 15.9. The first-order valence-electron chi connectivity index (χ1n) is 15.3. The van der Waals surface area contributed by atoms with Crippen LogP contribution in [0.4, 0.5) is 9.59 Å². The topological polar surface area (TPSA) is 94.2 Å². The van der Waals surface area contributed by atoms with Crippen molar-refractivity contribution in [3.8, 4) is 0 Å². The lowest BCUT2D eigenvalue weighted by atomic mass is 9.84. The molecular weight excluding hydrogens is 544 g/mol. The van der Waals surface area contributed by atoms with Crippen molar-refractivity contribution in [2.24, 2.45) is 5.92 Å². The Morgan fingerprint density at radius 2 is 1.58 bits per heavy atom. The summed E-state index contributed by atoms with van der Waals surface area (Å²) < 4.78 is 16.9. The zero-order valence-electron chi connectivity index (χ0n) is 25.3. The van der Waals surface area contributed by atoms with Crippen molar-refractivity contribution in [2.75, 3.05) is 13.2 Å². The molecule has 2 aromatic rings. The molecule has 8 nitrogen and oxygen atoms in total. The molecular formula is C35H42N2O6. The second-order valence-corrected chi connectivity index (χ2v) is 12.6. The summed E-state index contributed by atoms with van der Waals surface area (Å²) in [4.78, 5) is 39.8. The van der Waals surface area contributed by atoms with Crippen molar-refractivity contribution in [1.82, 2.24) is 10.2 Å². The van der Waals surface area contributed by atoms with Crippen molar-refractivity contribution in [2.45, 2.75) is 83.1 Å². The monoisotopic (exact) mass is 586 g/mol. The lowest BCUT2D eigenvalue weighted by Gasteiger charge is -2.26. The molecule has 0 aromatic heterocycles. The van der Waals surface area contributed by atoms with E-state index in [2.05, 4.69) is 41.8 Å². The zero-order chi connectivity index (χ0) is 30.4. The van der Waals surface area contributed by atoms with Gasteiger partial charge in [0.1, 0.15) is 24.9 Å². The molecule has 0 bridgehead atoms. The Balaban J connectivity index is 1.23. The third kappa shape index (κ3) is 8.06. The highest BCUT2D eigenvalue weighted by Gasteiger charge is 2.39. The van der Waals surface area contributed by atoms with Gasteiger partial charge in [0.15, 0.2) is 0 Å². The molecule has 1 saturated carbocycles. The van der Waals surface area contributed by atoms with Gasteiger partial charge < -0.3 is 19.5 Å². The first-order valence-corrected chi connectivity index (χ1v) is 15.3. The minimum Gasteiger partial charge on any atom is -0.461 e. The molecule has 3 atom stereocenters. The van der Waals surface area contributed by atoms with Gasteiger partial charge in [-0.25, -0.2) is 9.59 Å². The first kappa shape index (κ1) is 30.4. The number of nitrogens with zero attached hydrogens (tertiary/aromatic N) is 1. The number of alkyl carbamates (subject to hydrolysis) is 1. The van der Waals surface area contributed by atoms with E-state index in [0.717, 1.165) is 36.8 Å². The standard InChI is InChI=1S/C35H42N2O6/c1-35(2,3)43-33(39)36-20-24-16-18-25(19-17-24)21-37(22-32(38)42-26-10-4-5-11-26)34(40)41-23-31-29-14-8-6-12-27(29)28-13-7-9-15-30(28)31/h6-9,12-19,26-27,29,31H,4-5,10-11,20-23H2,1-3H3,(H,36,39). The third-order valence-corrected chi connectivity index (χ3v) is 8.19. The van der Waals surface area contributed by atoms with Gasteiger partial charge in [-0.05, 0) is 74.6 Å². The summed E-state index contributed by atoms with van der Waals surface area (Å²) in [7, 11) is 0.